The van der Waals surface area contributed by atoms with E-state index in [-0.39, 0.29) is 18.7 Å². The molecule has 0 spiro atoms. The van der Waals surface area contributed by atoms with E-state index < -0.39 is 5.97 Å². The topological polar surface area (TPSA) is 104 Å². The molecular weight excluding hydrogens is 458 g/mol. The van der Waals surface area contributed by atoms with Crippen molar-refractivity contribution in [3.05, 3.63) is 89.3 Å². The number of methoxy groups -OCH3 is 1. The Morgan fingerprint density at radius 1 is 1.00 bits per heavy atom. The first-order chi connectivity index (χ1) is 16.5. The SMILES string of the molecule is COc1ccccc1C(=O)Nc1ccc(OC(=O)CCc2nc(-c3ccc(Cl)cc3)no2)cc1. The molecular formula is C25H20ClN3O5. The first kappa shape index (κ1) is 23.0. The van der Waals surface area contributed by atoms with E-state index in [0.717, 1.165) is 5.56 Å². The lowest BCUT2D eigenvalue weighted by Crippen LogP contribution is -2.13. The van der Waals surface area contributed by atoms with E-state index in [1.165, 1.54) is 7.11 Å². The van der Waals surface area contributed by atoms with E-state index in [2.05, 4.69) is 15.5 Å². The third-order valence-electron chi connectivity index (χ3n) is 4.81. The Labute approximate surface area is 200 Å². The van der Waals surface area contributed by atoms with Gasteiger partial charge in [-0.05, 0) is 60.7 Å². The summed E-state index contributed by atoms with van der Waals surface area (Å²) in [6.45, 7) is 0. The Hall–Kier alpha value is -4.17. The van der Waals surface area contributed by atoms with Crippen LogP contribution < -0.4 is 14.8 Å². The highest BCUT2D eigenvalue weighted by molar-refractivity contribution is 6.30. The summed E-state index contributed by atoms with van der Waals surface area (Å²) in [6.07, 6.45) is 0.307. The van der Waals surface area contributed by atoms with Crippen molar-refractivity contribution in [2.45, 2.75) is 12.8 Å². The van der Waals surface area contributed by atoms with Crippen molar-refractivity contribution in [3.8, 4) is 22.9 Å². The van der Waals surface area contributed by atoms with Crippen LogP contribution in [0, 0.1) is 0 Å². The van der Waals surface area contributed by atoms with E-state index >= 15 is 0 Å². The molecule has 0 saturated heterocycles. The predicted octanol–water partition coefficient (Wildman–Crippen LogP) is 5.19. The molecule has 8 nitrogen and oxygen atoms in total. The zero-order valence-electron chi connectivity index (χ0n) is 18.2. The first-order valence-corrected chi connectivity index (χ1v) is 10.7. The van der Waals surface area contributed by atoms with Gasteiger partial charge in [0.1, 0.15) is 11.5 Å². The van der Waals surface area contributed by atoms with Crippen LogP contribution in [-0.2, 0) is 11.2 Å². The fourth-order valence-corrected chi connectivity index (χ4v) is 3.23. The molecule has 4 aromatic rings. The van der Waals surface area contributed by atoms with Crippen LogP contribution in [0.15, 0.2) is 77.3 Å². The number of hydrogen-bond donors (Lipinski definition) is 1. The van der Waals surface area contributed by atoms with Crippen LogP contribution in [0.1, 0.15) is 22.7 Å². The summed E-state index contributed by atoms with van der Waals surface area (Å²) in [7, 11) is 1.51. The molecule has 1 amide bonds. The van der Waals surface area contributed by atoms with Gasteiger partial charge in [-0.15, -0.1) is 0 Å². The second kappa shape index (κ2) is 10.6. The standard InChI is InChI=1S/C25H20ClN3O5/c1-32-21-5-3-2-4-20(21)25(31)27-18-10-12-19(13-11-18)33-23(30)15-14-22-28-24(29-34-22)16-6-8-17(26)9-7-16/h2-13H,14-15H2,1H3,(H,27,31). The smallest absolute Gasteiger partial charge is 0.311 e. The molecule has 4 rings (SSSR count). The van der Waals surface area contributed by atoms with Gasteiger partial charge in [-0.1, -0.05) is 28.9 Å². The predicted molar refractivity (Wildman–Crippen MR) is 126 cm³/mol. The van der Waals surface area contributed by atoms with Crippen molar-refractivity contribution >= 4 is 29.2 Å². The lowest BCUT2D eigenvalue weighted by molar-refractivity contribution is -0.134. The maximum absolute atomic E-state index is 12.5. The van der Waals surface area contributed by atoms with Crippen LogP contribution in [-0.4, -0.2) is 29.1 Å². The molecule has 0 radical (unpaired) electrons. The van der Waals surface area contributed by atoms with Crippen molar-refractivity contribution < 1.29 is 23.6 Å². The number of nitrogens with one attached hydrogen (secondary N) is 1. The highest BCUT2D eigenvalue weighted by atomic mass is 35.5. The second-order valence-corrected chi connectivity index (χ2v) is 7.61. The number of esters is 1. The van der Waals surface area contributed by atoms with E-state index in [9.17, 15) is 9.59 Å². The highest BCUT2D eigenvalue weighted by Crippen LogP contribution is 2.22. The molecule has 1 N–H and O–H groups in total. The number of halogens is 1. The number of ether oxygens (including phenoxy) is 2. The van der Waals surface area contributed by atoms with Crippen molar-refractivity contribution in [1.29, 1.82) is 0 Å². The quantitative estimate of drug-likeness (QED) is 0.275. The van der Waals surface area contributed by atoms with Crippen LogP contribution in [0.4, 0.5) is 5.69 Å². The van der Waals surface area contributed by atoms with Crippen LogP contribution in [0.25, 0.3) is 11.4 Å². The second-order valence-electron chi connectivity index (χ2n) is 7.17. The Kier molecular flexibility index (Phi) is 7.19. The lowest BCUT2D eigenvalue weighted by Gasteiger charge is -2.09. The van der Waals surface area contributed by atoms with Gasteiger partial charge in [-0.3, -0.25) is 9.59 Å². The number of amides is 1. The summed E-state index contributed by atoms with van der Waals surface area (Å²) in [5.74, 6) is 0.832. The summed E-state index contributed by atoms with van der Waals surface area (Å²) in [5, 5.41) is 7.32. The van der Waals surface area contributed by atoms with Gasteiger partial charge in [0, 0.05) is 22.7 Å². The molecule has 0 aliphatic heterocycles. The normalized spacial score (nSPS) is 10.5. The number of carbonyl (C=O) groups excluding carboxylic acids is 2. The van der Waals surface area contributed by atoms with Crippen LogP contribution >= 0.6 is 11.6 Å². The molecule has 0 aliphatic carbocycles. The minimum absolute atomic E-state index is 0.0640. The number of carbonyl (C=O) groups is 2. The number of para-hydroxylation sites is 1. The fourth-order valence-electron chi connectivity index (χ4n) is 3.10. The van der Waals surface area contributed by atoms with Crippen LogP contribution in [0.2, 0.25) is 5.02 Å². The van der Waals surface area contributed by atoms with E-state index in [1.54, 1.807) is 72.8 Å². The van der Waals surface area contributed by atoms with Gasteiger partial charge in [-0.2, -0.15) is 4.98 Å². The zero-order valence-corrected chi connectivity index (χ0v) is 18.9. The molecule has 0 aliphatic rings. The number of nitrogens with zero attached hydrogens (tertiary/aromatic N) is 2. The minimum atomic E-state index is -0.447. The van der Waals surface area contributed by atoms with Crippen LogP contribution in [0.3, 0.4) is 0 Å². The van der Waals surface area contributed by atoms with Crippen LogP contribution in [0.5, 0.6) is 11.5 Å². The number of anilines is 1. The Morgan fingerprint density at radius 2 is 1.74 bits per heavy atom. The maximum Gasteiger partial charge on any atom is 0.311 e. The molecule has 34 heavy (non-hydrogen) atoms. The Bertz CT molecular complexity index is 1290. The zero-order chi connectivity index (χ0) is 23.9. The van der Waals surface area contributed by atoms with Crippen molar-refractivity contribution in [2.24, 2.45) is 0 Å². The molecule has 172 valence electrons. The van der Waals surface area contributed by atoms with E-state index in [0.29, 0.717) is 39.5 Å². The number of aryl methyl sites for hydroxylation is 1. The van der Waals surface area contributed by atoms with Gasteiger partial charge in [0.25, 0.3) is 5.91 Å². The average Bonchev–Trinajstić information content (AvgIpc) is 3.33. The summed E-state index contributed by atoms with van der Waals surface area (Å²) in [4.78, 5) is 29.0. The van der Waals surface area contributed by atoms with Crippen molar-refractivity contribution in [2.75, 3.05) is 12.4 Å². The molecule has 1 aromatic heterocycles. The molecule has 0 saturated carbocycles. The van der Waals surface area contributed by atoms with Crippen molar-refractivity contribution in [3.63, 3.8) is 0 Å². The highest BCUT2D eigenvalue weighted by Gasteiger charge is 2.14. The molecule has 0 fully saturated rings. The van der Waals surface area contributed by atoms with Gasteiger partial charge < -0.3 is 19.3 Å². The number of aromatic nitrogens is 2. The lowest BCUT2D eigenvalue weighted by atomic mass is 10.2. The van der Waals surface area contributed by atoms with Gasteiger partial charge in [0.05, 0.1) is 19.1 Å². The molecule has 1 heterocycles. The largest absolute Gasteiger partial charge is 0.496 e. The Balaban J connectivity index is 1.28. The molecule has 3 aromatic carbocycles. The third-order valence-corrected chi connectivity index (χ3v) is 5.06. The van der Waals surface area contributed by atoms with E-state index in [4.69, 9.17) is 25.6 Å². The summed E-state index contributed by atoms with van der Waals surface area (Å²) >= 11 is 5.88. The summed E-state index contributed by atoms with van der Waals surface area (Å²) < 4.78 is 15.8. The van der Waals surface area contributed by atoms with Gasteiger partial charge in [0.2, 0.25) is 11.7 Å². The molecule has 0 bridgehead atoms. The average molecular weight is 478 g/mol. The fraction of sp³-hybridized carbons (Fsp3) is 0.120. The Morgan fingerprint density at radius 3 is 2.47 bits per heavy atom. The summed E-state index contributed by atoms with van der Waals surface area (Å²) in [5.41, 5.74) is 1.73. The van der Waals surface area contributed by atoms with Gasteiger partial charge in [-0.25, -0.2) is 0 Å². The van der Waals surface area contributed by atoms with Crippen molar-refractivity contribution in [1.82, 2.24) is 10.1 Å². The maximum atomic E-state index is 12.5. The molecule has 0 unspecified atom stereocenters. The number of benzene rings is 3. The minimum Gasteiger partial charge on any atom is -0.496 e. The number of rotatable bonds is 8. The first-order valence-electron chi connectivity index (χ1n) is 10.4. The van der Waals surface area contributed by atoms with E-state index in [1.807, 2.05) is 0 Å². The number of hydrogen-bond acceptors (Lipinski definition) is 7. The molecule has 9 heteroatoms. The monoisotopic (exact) mass is 477 g/mol. The van der Waals surface area contributed by atoms with Gasteiger partial charge in [0.15, 0.2) is 0 Å². The molecule has 0 atom stereocenters. The van der Waals surface area contributed by atoms with Gasteiger partial charge >= 0.3 is 5.97 Å². The summed E-state index contributed by atoms with van der Waals surface area (Å²) in [6, 6.07) is 20.5. The third kappa shape index (κ3) is 5.79.